The van der Waals surface area contributed by atoms with E-state index in [9.17, 15) is 18.0 Å². The Bertz CT molecular complexity index is 711. The van der Waals surface area contributed by atoms with E-state index in [0.717, 1.165) is 17.8 Å². The lowest BCUT2D eigenvalue weighted by Gasteiger charge is -2.12. The Morgan fingerprint density at radius 3 is 2.67 bits per heavy atom. The highest BCUT2D eigenvalue weighted by atomic mass is 32.2. The number of carbonyl (C=O) groups is 1. The Balaban J connectivity index is 2.39. The summed E-state index contributed by atoms with van der Waals surface area (Å²) in [6.45, 7) is 3.39. The predicted octanol–water partition coefficient (Wildman–Crippen LogP) is 3.60. The smallest absolute Gasteiger partial charge is 0.433 e. The van der Waals surface area contributed by atoms with Gasteiger partial charge in [-0.15, -0.1) is 0 Å². The van der Waals surface area contributed by atoms with Gasteiger partial charge in [0.1, 0.15) is 21.7 Å². The van der Waals surface area contributed by atoms with E-state index in [0.29, 0.717) is 0 Å². The zero-order chi connectivity index (χ0) is 17.7. The van der Waals surface area contributed by atoms with Crippen LogP contribution < -0.4 is 0 Å². The largest absolute Gasteiger partial charge is 0.465 e. The molecular weight excluding hydrogens is 343 g/mol. The molecule has 0 aliphatic heterocycles. The van der Waals surface area contributed by atoms with Crippen molar-refractivity contribution in [2.75, 3.05) is 6.61 Å². The van der Waals surface area contributed by atoms with Gasteiger partial charge in [-0.3, -0.25) is 9.78 Å². The molecule has 0 aliphatic carbocycles. The summed E-state index contributed by atoms with van der Waals surface area (Å²) in [5, 5.41) is -0.670. The first kappa shape index (κ1) is 18.2. The molecule has 128 valence electrons. The fourth-order valence-electron chi connectivity index (χ4n) is 1.73. The summed E-state index contributed by atoms with van der Waals surface area (Å²) in [7, 11) is 0. The first-order valence-electron chi connectivity index (χ1n) is 7.02. The van der Waals surface area contributed by atoms with Crippen molar-refractivity contribution in [2.24, 2.45) is 0 Å². The van der Waals surface area contributed by atoms with Gasteiger partial charge in [0.25, 0.3) is 0 Å². The van der Waals surface area contributed by atoms with Crippen molar-refractivity contribution in [3.8, 4) is 11.5 Å². The van der Waals surface area contributed by atoms with Crippen LogP contribution in [0.5, 0.6) is 0 Å². The van der Waals surface area contributed by atoms with Crippen LogP contribution in [0.4, 0.5) is 13.2 Å². The standard InChI is InChI=1S/C15H14F3N3O2S/c1-3-23-14(22)9(2)24-12-8-11(15(16,17)18)20-13(21-12)10-6-4-5-7-19-10/h4-9H,3H2,1-2H3/t9-/m0/s1. The number of rotatable bonds is 5. The van der Waals surface area contributed by atoms with Gasteiger partial charge in [-0.2, -0.15) is 13.2 Å². The number of hydrogen-bond acceptors (Lipinski definition) is 6. The summed E-state index contributed by atoms with van der Waals surface area (Å²) in [5.74, 6) is -0.668. The van der Waals surface area contributed by atoms with Crippen LogP contribution >= 0.6 is 11.8 Å². The first-order valence-corrected chi connectivity index (χ1v) is 7.90. The topological polar surface area (TPSA) is 65.0 Å². The van der Waals surface area contributed by atoms with Gasteiger partial charge >= 0.3 is 12.1 Å². The van der Waals surface area contributed by atoms with E-state index in [-0.39, 0.29) is 23.2 Å². The molecule has 0 saturated carbocycles. The van der Waals surface area contributed by atoms with Crippen molar-refractivity contribution in [3.05, 3.63) is 36.2 Å². The summed E-state index contributed by atoms with van der Waals surface area (Å²) in [6.07, 6.45) is -3.19. The van der Waals surface area contributed by atoms with E-state index in [4.69, 9.17) is 4.74 Å². The van der Waals surface area contributed by atoms with Crippen LogP contribution in [0.3, 0.4) is 0 Å². The molecule has 2 rings (SSSR count). The molecule has 2 aromatic rings. The molecule has 0 radical (unpaired) electrons. The van der Waals surface area contributed by atoms with Crippen molar-refractivity contribution >= 4 is 17.7 Å². The minimum atomic E-state index is -4.63. The first-order chi connectivity index (χ1) is 11.3. The second-order valence-corrected chi connectivity index (χ2v) is 6.00. The number of ether oxygens (including phenoxy) is 1. The number of halogens is 3. The van der Waals surface area contributed by atoms with Crippen LogP contribution in [0.25, 0.3) is 11.5 Å². The predicted molar refractivity (Wildman–Crippen MR) is 82.2 cm³/mol. The number of pyridine rings is 1. The van der Waals surface area contributed by atoms with Gasteiger partial charge in [0.15, 0.2) is 5.82 Å². The molecule has 0 fully saturated rings. The van der Waals surface area contributed by atoms with E-state index in [1.807, 2.05) is 0 Å². The fourth-order valence-corrected chi connectivity index (χ4v) is 2.57. The molecule has 0 aliphatic rings. The SMILES string of the molecule is CCOC(=O)[C@H](C)Sc1cc(C(F)(F)F)nc(-c2ccccn2)n1. The fraction of sp³-hybridized carbons (Fsp3) is 0.333. The van der Waals surface area contributed by atoms with Crippen LogP contribution in [0.1, 0.15) is 19.5 Å². The zero-order valence-electron chi connectivity index (χ0n) is 12.9. The second-order valence-electron chi connectivity index (χ2n) is 4.64. The zero-order valence-corrected chi connectivity index (χ0v) is 13.7. The molecule has 2 heterocycles. The van der Waals surface area contributed by atoms with Gasteiger partial charge in [-0.05, 0) is 26.0 Å². The summed E-state index contributed by atoms with van der Waals surface area (Å²) in [6, 6.07) is 5.58. The molecule has 2 aromatic heterocycles. The average Bonchev–Trinajstić information content (AvgIpc) is 2.54. The summed E-state index contributed by atoms with van der Waals surface area (Å²) in [4.78, 5) is 23.2. The molecule has 0 aromatic carbocycles. The molecule has 0 unspecified atom stereocenters. The van der Waals surface area contributed by atoms with Crippen LogP contribution in [-0.2, 0) is 15.7 Å². The highest BCUT2D eigenvalue weighted by Crippen LogP contribution is 2.32. The van der Waals surface area contributed by atoms with Crippen molar-refractivity contribution in [2.45, 2.75) is 30.3 Å². The van der Waals surface area contributed by atoms with E-state index < -0.39 is 23.1 Å². The van der Waals surface area contributed by atoms with Gasteiger partial charge in [-0.25, -0.2) is 9.97 Å². The quantitative estimate of drug-likeness (QED) is 0.463. The number of thioether (sulfide) groups is 1. The Morgan fingerprint density at radius 1 is 1.33 bits per heavy atom. The van der Waals surface area contributed by atoms with Crippen LogP contribution in [-0.4, -0.2) is 32.8 Å². The average molecular weight is 357 g/mol. The van der Waals surface area contributed by atoms with Crippen molar-refractivity contribution < 1.29 is 22.7 Å². The van der Waals surface area contributed by atoms with Gasteiger partial charge < -0.3 is 4.74 Å². The molecule has 0 amide bonds. The molecule has 0 saturated heterocycles. The second kappa shape index (κ2) is 7.61. The molecule has 0 bridgehead atoms. The maximum Gasteiger partial charge on any atom is 0.433 e. The van der Waals surface area contributed by atoms with Crippen molar-refractivity contribution in [1.82, 2.24) is 15.0 Å². The minimum Gasteiger partial charge on any atom is -0.465 e. The van der Waals surface area contributed by atoms with Crippen LogP contribution in [0.2, 0.25) is 0 Å². The van der Waals surface area contributed by atoms with Gasteiger partial charge in [0.2, 0.25) is 0 Å². The van der Waals surface area contributed by atoms with E-state index in [1.165, 1.54) is 12.3 Å². The van der Waals surface area contributed by atoms with Gasteiger partial charge in [0, 0.05) is 12.3 Å². The van der Waals surface area contributed by atoms with Gasteiger partial charge in [-0.1, -0.05) is 17.8 Å². The van der Waals surface area contributed by atoms with Gasteiger partial charge in [0.05, 0.1) is 6.61 Å². The highest BCUT2D eigenvalue weighted by Gasteiger charge is 2.34. The van der Waals surface area contributed by atoms with Crippen LogP contribution in [0, 0.1) is 0 Å². The maximum absolute atomic E-state index is 13.1. The third-order valence-electron chi connectivity index (χ3n) is 2.80. The minimum absolute atomic E-state index is 0.0264. The number of alkyl halides is 3. The molecule has 5 nitrogen and oxygen atoms in total. The Morgan fingerprint density at radius 2 is 2.08 bits per heavy atom. The lowest BCUT2D eigenvalue weighted by Crippen LogP contribution is -2.17. The third-order valence-corrected chi connectivity index (χ3v) is 3.80. The maximum atomic E-state index is 13.1. The molecule has 9 heteroatoms. The van der Waals surface area contributed by atoms with E-state index in [2.05, 4.69) is 15.0 Å². The molecular formula is C15H14F3N3O2S. The number of carbonyl (C=O) groups excluding carboxylic acids is 1. The number of esters is 1. The number of aromatic nitrogens is 3. The number of hydrogen-bond donors (Lipinski definition) is 0. The summed E-state index contributed by atoms with van der Waals surface area (Å²) in [5.41, 5.74) is -0.869. The molecule has 1 atom stereocenters. The molecule has 24 heavy (non-hydrogen) atoms. The lowest BCUT2D eigenvalue weighted by atomic mass is 10.3. The summed E-state index contributed by atoms with van der Waals surface area (Å²) >= 11 is 0.877. The Kier molecular flexibility index (Phi) is 5.76. The lowest BCUT2D eigenvalue weighted by molar-refractivity contribution is -0.142. The molecule has 0 spiro atoms. The van der Waals surface area contributed by atoms with Crippen molar-refractivity contribution in [1.29, 1.82) is 0 Å². The Labute approximate surface area is 140 Å². The summed E-state index contributed by atoms with van der Waals surface area (Å²) < 4.78 is 44.1. The Hall–Kier alpha value is -2.16. The van der Waals surface area contributed by atoms with Crippen molar-refractivity contribution in [3.63, 3.8) is 0 Å². The van der Waals surface area contributed by atoms with Crippen LogP contribution in [0.15, 0.2) is 35.5 Å². The number of nitrogens with zero attached hydrogens (tertiary/aromatic N) is 3. The molecule has 0 N–H and O–H groups in total. The van der Waals surface area contributed by atoms with E-state index >= 15 is 0 Å². The normalized spacial score (nSPS) is 12.7. The third kappa shape index (κ3) is 4.67. The van der Waals surface area contributed by atoms with E-state index in [1.54, 1.807) is 26.0 Å². The highest BCUT2D eigenvalue weighted by molar-refractivity contribution is 8.00. The monoisotopic (exact) mass is 357 g/mol.